The third-order valence-electron chi connectivity index (χ3n) is 3.87. The summed E-state index contributed by atoms with van der Waals surface area (Å²) in [6, 6.07) is 8.09. The Morgan fingerprint density at radius 2 is 1.96 bits per heavy atom. The van der Waals surface area contributed by atoms with E-state index in [0.717, 1.165) is 41.7 Å². The zero-order valence-corrected chi connectivity index (χ0v) is 16.5. The lowest BCUT2D eigenvalue weighted by atomic mass is 9.99. The van der Waals surface area contributed by atoms with Gasteiger partial charge in [0.15, 0.2) is 0 Å². The summed E-state index contributed by atoms with van der Waals surface area (Å²) in [7, 11) is 0. The molecular formula is C20H28N2O3S. The van der Waals surface area contributed by atoms with Gasteiger partial charge in [0.25, 0.3) is 0 Å². The number of aliphatic hydroxyl groups is 1. The van der Waals surface area contributed by atoms with Crippen LogP contribution in [0.25, 0.3) is 10.4 Å². The van der Waals surface area contributed by atoms with Gasteiger partial charge in [-0.2, -0.15) is 0 Å². The molecule has 0 radical (unpaired) electrons. The van der Waals surface area contributed by atoms with E-state index in [2.05, 4.69) is 22.4 Å². The van der Waals surface area contributed by atoms with Crippen molar-refractivity contribution in [2.75, 3.05) is 6.61 Å². The van der Waals surface area contributed by atoms with Crippen LogP contribution in [0.15, 0.2) is 36.0 Å². The molecule has 0 aliphatic rings. The van der Waals surface area contributed by atoms with Crippen LogP contribution in [0.1, 0.15) is 58.1 Å². The Hall–Kier alpha value is -1.92. The molecule has 2 aromatic rings. The van der Waals surface area contributed by atoms with Crippen molar-refractivity contribution in [3.8, 4) is 10.4 Å². The molecule has 6 heteroatoms. The highest BCUT2D eigenvalue weighted by atomic mass is 32.1. The van der Waals surface area contributed by atoms with Crippen molar-refractivity contribution < 1.29 is 14.6 Å². The molecule has 142 valence electrons. The summed E-state index contributed by atoms with van der Waals surface area (Å²) >= 11 is 1.60. The van der Waals surface area contributed by atoms with Gasteiger partial charge in [0.2, 0.25) is 0 Å². The maximum Gasteiger partial charge on any atom is 0.408 e. The molecule has 0 unspecified atom stereocenters. The minimum absolute atomic E-state index is 0.112. The maximum atomic E-state index is 12.2. The van der Waals surface area contributed by atoms with E-state index in [-0.39, 0.29) is 12.6 Å². The smallest absolute Gasteiger partial charge is 0.408 e. The number of carbonyl (C=O) groups excluding carboxylic acids is 1. The zero-order valence-electron chi connectivity index (χ0n) is 15.7. The quantitative estimate of drug-likeness (QED) is 0.641. The summed E-state index contributed by atoms with van der Waals surface area (Å²) in [5, 5.41) is 11.9. The largest absolute Gasteiger partial charge is 0.444 e. The molecule has 1 amide bonds. The standard InChI is InChI=1S/C20H28N2O3S/c1-20(2,3)25-19(24)22-17(7-5-4-6-12-23)15-8-10-16(11-9-15)18-13-21-14-26-18/h8-11,13-14,17,23H,4-7,12H2,1-3H3,(H,22,24)/t17-/m0/s1. The molecule has 0 aliphatic heterocycles. The number of nitrogens with zero attached hydrogens (tertiary/aromatic N) is 1. The first-order chi connectivity index (χ1) is 12.4. The molecule has 1 heterocycles. The molecular weight excluding hydrogens is 348 g/mol. The molecule has 2 rings (SSSR count). The number of ether oxygens (including phenoxy) is 1. The van der Waals surface area contributed by atoms with Gasteiger partial charge in [0.1, 0.15) is 5.60 Å². The minimum atomic E-state index is -0.526. The van der Waals surface area contributed by atoms with Crippen molar-refractivity contribution in [3.05, 3.63) is 41.5 Å². The lowest BCUT2D eigenvalue weighted by Crippen LogP contribution is -2.35. The molecule has 2 N–H and O–H groups in total. The summed E-state index contributed by atoms with van der Waals surface area (Å²) in [4.78, 5) is 17.4. The van der Waals surface area contributed by atoms with E-state index in [9.17, 15) is 4.79 Å². The van der Waals surface area contributed by atoms with Crippen LogP contribution in [-0.2, 0) is 4.74 Å². The van der Waals surface area contributed by atoms with Gasteiger partial charge in [-0.3, -0.25) is 4.98 Å². The summed E-state index contributed by atoms with van der Waals surface area (Å²) in [6.45, 7) is 5.76. The van der Waals surface area contributed by atoms with Crippen LogP contribution >= 0.6 is 11.3 Å². The number of hydrogen-bond acceptors (Lipinski definition) is 5. The van der Waals surface area contributed by atoms with E-state index in [1.54, 1.807) is 11.3 Å². The van der Waals surface area contributed by atoms with E-state index < -0.39 is 11.7 Å². The van der Waals surface area contributed by atoms with Crippen LogP contribution < -0.4 is 5.32 Å². The van der Waals surface area contributed by atoms with Crippen molar-refractivity contribution >= 4 is 17.4 Å². The van der Waals surface area contributed by atoms with Crippen LogP contribution in [0.3, 0.4) is 0 Å². The molecule has 0 saturated carbocycles. The third-order valence-corrected chi connectivity index (χ3v) is 4.69. The monoisotopic (exact) mass is 376 g/mol. The first-order valence-corrected chi connectivity index (χ1v) is 9.86. The van der Waals surface area contributed by atoms with Crippen molar-refractivity contribution in [2.45, 2.75) is 58.1 Å². The Kier molecular flexibility index (Phi) is 7.60. The van der Waals surface area contributed by atoms with Crippen LogP contribution in [0.5, 0.6) is 0 Å². The summed E-state index contributed by atoms with van der Waals surface area (Å²) < 4.78 is 5.40. The van der Waals surface area contributed by atoms with Gasteiger partial charge in [-0.05, 0) is 44.7 Å². The Balaban J connectivity index is 2.07. The third kappa shape index (κ3) is 6.77. The van der Waals surface area contributed by atoms with Crippen molar-refractivity contribution in [2.24, 2.45) is 0 Å². The number of hydrogen-bond donors (Lipinski definition) is 2. The fourth-order valence-electron chi connectivity index (χ4n) is 2.65. The Labute approximate surface area is 159 Å². The van der Waals surface area contributed by atoms with Gasteiger partial charge in [-0.25, -0.2) is 4.79 Å². The second-order valence-corrected chi connectivity index (χ2v) is 8.15. The minimum Gasteiger partial charge on any atom is -0.444 e. The number of unbranched alkanes of at least 4 members (excludes halogenated alkanes) is 2. The summed E-state index contributed by atoms with van der Waals surface area (Å²) in [5.74, 6) is 0. The lowest BCUT2D eigenvalue weighted by Gasteiger charge is -2.24. The van der Waals surface area contributed by atoms with Crippen molar-refractivity contribution in [3.63, 3.8) is 0 Å². The predicted molar refractivity (Wildman–Crippen MR) is 105 cm³/mol. The highest BCUT2D eigenvalue weighted by Gasteiger charge is 2.20. The van der Waals surface area contributed by atoms with E-state index in [0.29, 0.717) is 0 Å². The summed E-state index contributed by atoms with van der Waals surface area (Å²) in [6.07, 6.45) is 4.89. The van der Waals surface area contributed by atoms with Gasteiger partial charge in [0, 0.05) is 12.8 Å². The highest BCUT2D eigenvalue weighted by molar-refractivity contribution is 7.13. The number of nitrogens with one attached hydrogen (secondary N) is 1. The van der Waals surface area contributed by atoms with Crippen LogP contribution in [0.4, 0.5) is 4.79 Å². The molecule has 0 aliphatic carbocycles. The van der Waals surface area contributed by atoms with Crippen LogP contribution in [0, 0.1) is 0 Å². The molecule has 1 atom stereocenters. The Morgan fingerprint density at radius 1 is 1.23 bits per heavy atom. The normalized spacial score (nSPS) is 12.6. The number of aromatic nitrogens is 1. The second kappa shape index (κ2) is 9.69. The Bertz CT molecular complexity index is 663. The topological polar surface area (TPSA) is 71.5 Å². The molecule has 5 nitrogen and oxygen atoms in total. The van der Waals surface area contributed by atoms with Gasteiger partial charge in [0.05, 0.1) is 16.4 Å². The maximum absolute atomic E-state index is 12.2. The number of amides is 1. The molecule has 0 saturated heterocycles. The average Bonchev–Trinajstić information content (AvgIpc) is 3.11. The molecule has 0 fully saturated rings. The first-order valence-electron chi connectivity index (χ1n) is 8.98. The SMILES string of the molecule is CC(C)(C)OC(=O)N[C@@H](CCCCCO)c1ccc(-c2cncs2)cc1. The second-order valence-electron chi connectivity index (χ2n) is 7.26. The van der Waals surface area contributed by atoms with Crippen molar-refractivity contribution in [1.82, 2.24) is 10.3 Å². The van der Waals surface area contributed by atoms with Gasteiger partial charge in [-0.1, -0.05) is 37.1 Å². The molecule has 0 spiro atoms. The fraction of sp³-hybridized carbons (Fsp3) is 0.500. The average molecular weight is 377 g/mol. The van der Waals surface area contributed by atoms with Crippen LogP contribution in [-0.4, -0.2) is 28.4 Å². The number of benzene rings is 1. The Morgan fingerprint density at radius 3 is 2.54 bits per heavy atom. The van der Waals surface area contributed by atoms with E-state index in [1.165, 1.54) is 0 Å². The van der Waals surface area contributed by atoms with Crippen LogP contribution in [0.2, 0.25) is 0 Å². The predicted octanol–water partition coefficient (Wildman–Crippen LogP) is 4.93. The van der Waals surface area contributed by atoms with Gasteiger partial charge in [-0.15, -0.1) is 11.3 Å². The molecule has 26 heavy (non-hydrogen) atoms. The number of rotatable bonds is 8. The number of thiazole rings is 1. The number of alkyl carbamates (subject to hydrolysis) is 1. The molecule has 0 bridgehead atoms. The highest BCUT2D eigenvalue weighted by Crippen LogP contribution is 2.27. The van der Waals surface area contributed by atoms with E-state index in [1.807, 2.05) is 44.6 Å². The molecule has 1 aromatic heterocycles. The number of carbonyl (C=O) groups is 1. The number of aliphatic hydroxyl groups excluding tert-OH is 1. The molecule has 1 aromatic carbocycles. The van der Waals surface area contributed by atoms with E-state index in [4.69, 9.17) is 9.84 Å². The van der Waals surface area contributed by atoms with Crippen molar-refractivity contribution in [1.29, 1.82) is 0 Å². The van der Waals surface area contributed by atoms with E-state index >= 15 is 0 Å². The summed E-state index contributed by atoms with van der Waals surface area (Å²) in [5.41, 5.74) is 3.46. The fourth-order valence-corrected chi connectivity index (χ4v) is 3.28. The van der Waals surface area contributed by atoms with Gasteiger partial charge >= 0.3 is 6.09 Å². The first kappa shape index (κ1) is 20.4. The lowest BCUT2D eigenvalue weighted by molar-refractivity contribution is 0.0500. The van der Waals surface area contributed by atoms with Gasteiger partial charge < -0.3 is 15.2 Å². The zero-order chi connectivity index (χ0) is 19.0.